The number of nitrogens with one attached hydrogen (secondary N) is 1. The van der Waals surface area contributed by atoms with Crippen LogP contribution in [-0.2, 0) is 0 Å². The molecule has 6 rings (SSSR count). The summed E-state index contributed by atoms with van der Waals surface area (Å²) in [7, 11) is 0. The summed E-state index contributed by atoms with van der Waals surface area (Å²) in [5.41, 5.74) is 4.74. The van der Waals surface area contributed by atoms with Gasteiger partial charge in [-0.15, -0.1) is 0 Å². The summed E-state index contributed by atoms with van der Waals surface area (Å²) in [6.45, 7) is 5.54. The fourth-order valence-corrected chi connectivity index (χ4v) is 4.39. The van der Waals surface area contributed by atoms with Gasteiger partial charge in [0.15, 0.2) is 11.5 Å². The number of fused-ring (bicyclic) bond motifs is 2. The number of hydrogen-bond donors (Lipinski definition) is 2. The van der Waals surface area contributed by atoms with Crippen molar-refractivity contribution in [3.8, 4) is 17.0 Å². The number of anilines is 1. The molecule has 8 heteroatoms. The van der Waals surface area contributed by atoms with E-state index in [1.807, 2.05) is 19.1 Å². The number of phenolic OH excluding ortho intramolecular Hbond substituents is 1. The van der Waals surface area contributed by atoms with Gasteiger partial charge >= 0.3 is 0 Å². The van der Waals surface area contributed by atoms with E-state index in [1.54, 1.807) is 19.2 Å². The van der Waals surface area contributed by atoms with E-state index < -0.39 is 0 Å². The highest BCUT2D eigenvalue weighted by Gasteiger charge is 2.30. The molecule has 1 saturated carbocycles. The summed E-state index contributed by atoms with van der Waals surface area (Å²) in [6, 6.07) is 6.84. The number of aromatic nitrogens is 4. The average Bonchev–Trinajstić information content (AvgIpc) is 3.32. The Kier molecular flexibility index (Phi) is 4.11. The van der Waals surface area contributed by atoms with Crippen LogP contribution < -0.4 is 10.2 Å². The van der Waals surface area contributed by atoms with Crippen LogP contribution >= 0.6 is 0 Å². The van der Waals surface area contributed by atoms with Gasteiger partial charge in [0.25, 0.3) is 0 Å². The van der Waals surface area contributed by atoms with Crippen molar-refractivity contribution in [3.63, 3.8) is 0 Å². The van der Waals surface area contributed by atoms with Gasteiger partial charge in [0.2, 0.25) is 5.95 Å². The lowest BCUT2D eigenvalue weighted by molar-refractivity contribution is 0.473. The summed E-state index contributed by atoms with van der Waals surface area (Å²) in [6.07, 6.45) is 5.49. The van der Waals surface area contributed by atoms with Crippen molar-refractivity contribution >= 4 is 28.1 Å². The quantitative estimate of drug-likeness (QED) is 0.522. The third-order valence-electron chi connectivity index (χ3n) is 6.22. The monoisotopic (exact) mass is 416 g/mol. The summed E-state index contributed by atoms with van der Waals surface area (Å²) in [5.74, 6) is 1.48. The lowest BCUT2D eigenvalue weighted by Crippen LogP contribution is -2.34. The van der Waals surface area contributed by atoms with Crippen molar-refractivity contribution in [2.24, 2.45) is 0 Å². The van der Waals surface area contributed by atoms with E-state index in [9.17, 15) is 5.11 Å². The SMILES string of the molecule is Cc1nc2c(C)c(O)c(-c3ccc4nc(N5CC[C@@H](NC6CC6)C5)ncc4n3)cc2o1. The molecule has 2 aliphatic rings. The Labute approximate surface area is 179 Å². The highest BCUT2D eigenvalue weighted by Crippen LogP contribution is 2.37. The molecule has 0 amide bonds. The predicted octanol–water partition coefficient (Wildman–Crippen LogP) is 3.49. The molecule has 3 aromatic heterocycles. The summed E-state index contributed by atoms with van der Waals surface area (Å²) < 4.78 is 5.68. The van der Waals surface area contributed by atoms with Crippen LogP contribution in [-0.4, -0.2) is 50.2 Å². The van der Waals surface area contributed by atoms with Crippen molar-refractivity contribution in [3.05, 3.63) is 35.9 Å². The smallest absolute Gasteiger partial charge is 0.226 e. The molecule has 1 atom stereocenters. The van der Waals surface area contributed by atoms with Gasteiger partial charge in [-0.05, 0) is 44.4 Å². The van der Waals surface area contributed by atoms with E-state index in [0.717, 1.165) is 31.0 Å². The first-order valence-electron chi connectivity index (χ1n) is 10.8. The number of phenols is 1. The second kappa shape index (κ2) is 6.88. The van der Waals surface area contributed by atoms with Gasteiger partial charge in [-0.1, -0.05) is 0 Å². The zero-order chi connectivity index (χ0) is 21.1. The largest absolute Gasteiger partial charge is 0.507 e. The van der Waals surface area contributed by atoms with Crippen LogP contribution in [0, 0.1) is 13.8 Å². The Balaban J connectivity index is 1.32. The van der Waals surface area contributed by atoms with Crippen LogP contribution in [0.5, 0.6) is 5.75 Å². The summed E-state index contributed by atoms with van der Waals surface area (Å²) in [4.78, 5) is 20.6. The molecule has 1 aliphatic carbocycles. The topological polar surface area (TPSA) is 100 Å². The van der Waals surface area contributed by atoms with Crippen molar-refractivity contribution in [2.75, 3.05) is 18.0 Å². The summed E-state index contributed by atoms with van der Waals surface area (Å²) in [5, 5.41) is 14.4. The second-order valence-electron chi connectivity index (χ2n) is 8.62. The molecule has 8 nitrogen and oxygen atoms in total. The van der Waals surface area contributed by atoms with Crippen molar-refractivity contribution in [1.82, 2.24) is 25.3 Å². The zero-order valence-corrected chi connectivity index (χ0v) is 17.6. The fraction of sp³-hybridized carbons (Fsp3) is 0.391. The van der Waals surface area contributed by atoms with Gasteiger partial charge in [0, 0.05) is 43.2 Å². The predicted molar refractivity (Wildman–Crippen MR) is 118 cm³/mol. The number of benzene rings is 1. The molecule has 0 unspecified atom stereocenters. The van der Waals surface area contributed by atoms with E-state index >= 15 is 0 Å². The number of oxazole rings is 1. The van der Waals surface area contributed by atoms with Crippen molar-refractivity contribution < 1.29 is 9.52 Å². The average molecular weight is 416 g/mol. The fourth-order valence-electron chi connectivity index (χ4n) is 4.39. The van der Waals surface area contributed by atoms with Gasteiger partial charge in [-0.25, -0.2) is 19.9 Å². The molecule has 158 valence electrons. The molecule has 31 heavy (non-hydrogen) atoms. The van der Waals surface area contributed by atoms with Crippen LogP contribution in [0.15, 0.2) is 28.8 Å². The van der Waals surface area contributed by atoms with Gasteiger partial charge in [-0.2, -0.15) is 0 Å². The molecule has 0 spiro atoms. The normalized spacial score (nSPS) is 19.0. The standard InChI is InChI=1S/C23H24N6O2/c1-12-21-20(31-13(2)25-21)9-16(22(12)30)17-5-6-18-19(27-17)10-24-23(28-18)29-8-7-15(11-29)26-14-3-4-14/h5-6,9-10,14-15,26,30H,3-4,7-8,11H2,1-2H3/t15-/m1/s1. The second-order valence-corrected chi connectivity index (χ2v) is 8.62. The molecule has 1 aliphatic heterocycles. The molecule has 1 aromatic carbocycles. The number of pyridine rings is 1. The van der Waals surface area contributed by atoms with Gasteiger partial charge in [-0.3, -0.25) is 0 Å². The Bertz CT molecular complexity index is 1310. The van der Waals surface area contributed by atoms with Crippen LogP contribution in [0.4, 0.5) is 5.95 Å². The Morgan fingerprint density at radius 2 is 1.94 bits per heavy atom. The van der Waals surface area contributed by atoms with Crippen molar-refractivity contribution in [2.45, 2.75) is 45.2 Å². The molecule has 0 radical (unpaired) electrons. The lowest BCUT2D eigenvalue weighted by atomic mass is 10.0. The van der Waals surface area contributed by atoms with Gasteiger partial charge in [0.05, 0.1) is 17.4 Å². The van der Waals surface area contributed by atoms with Crippen LogP contribution in [0.1, 0.15) is 30.7 Å². The number of rotatable bonds is 4. The zero-order valence-electron chi connectivity index (χ0n) is 17.6. The highest BCUT2D eigenvalue weighted by atomic mass is 16.3. The molecule has 2 fully saturated rings. The number of hydrogen-bond acceptors (Lipinski definition) is 8. The maximum atomic E-state index is 10.7. The molecule has 4 heterocycles. The number of nitrogens with zero attached hydrogens (tertiary/aromatic N) is 5. The van der Waals surface area contributed by atoms with Gasteiger partial charge < -0.3 is 19.7 Å². The summed E-state index contributed by atoms with van der Waals surface area (Å²) >= 11 is 0. The van der Waals surface area contributed by atoms with Crippen LogP contribution in [0.25, 0.3) is 33.4 Å². The van der Waals surface area contributed by atoms with E-state index in [2.05, 4.69) is 20.2 Å². The molecule has 0 bridgehead atoms. The Morgan fingerprint density at radius 3 is 2.77 bits per heavy atom. The number of aryl methyl sites for hydroxylation is 2. The Morgan fingerprint density at radius 1 is 1.06 bits per heavy atom. The third kappa shape index (κ3) is 3.27. The van der Waals surface area contributed by atoms with E-state index in [1.165, 1.54) is 12.8 Å². The third-order valence-corrected chi connectivity index (χ3v) is 6.22. The number of aromatic hydroxyl groups is 1. The van der Waals surface area contributed by atoms with Gasteiger partial charge in [0.1, 0.15) is 16.8 Å². The molecule has 2 N–H and O–H groups in total. The minimum Gasteiger partial charge on any atom is -0.507 e. The minimum atomic E-state index is 0.163. The van der Waals surface area contributed by atoms with E-state index in [0.29, 0.717) is 51.4 Å². The minimum absolute atomic E-state index is 0.163. The first kappa shape index (κ1) is 18.5. The van der Waals surface area contributed by atoms with Crippen LogP contribution in [0.3, 0.4) is 0 Å². The lowest BCUT2D eigenvalue weighted by Gasteiger charge is -2.17. The molecule has 1 saturated heterocycles. The first-order valence-corrected chi connectivity index (χ1v) is 10.8. The molecule has 4 aromatic rings. The maximum Gasteiger partial charge on any atom is 0.226 e. The van der Waals surface area contributed by atoms with E-state index in [-0.39, 0.29) is 5.75 Å². The highest BCUT2D eigenvalue weighted by molar-refractivity contribution is 5.89. The van der Waals surface area contributed by atoms with Crippen LogP contribution in [0.2, 0.25) is 0 Å². The van der Waals surface area contributed by atoms with Crippen molar-refractivity contribution in [1.29, 1.82) is 0 Å². The molecular formula is C23H24N6O2. The Hall–Kier alpha value is -3.26. The maximum absolute atomic E-state index is 10.7. The molecular weight excluding hydrogens is 392 g/mol. The van der Waals surface area contributed by atoms with E-state index in [4.69, 9.17) is 14.4 Å². The first-order chi connectivity index (χ1) is 15.0.